The van der Waals surface area contributed by atoms with Crippen molar-refractivity contribution in [1.29, 1.82) is 0 Å². The van der Waals surface area contributed by atoms with Crippen molar-refractivity contribution in [3.8, 4) is 11.3 Å². The van der Waals surface area contributed by atoms with Crippen molar-refractivity contribution < 1.29 is 0 Å². The molecular formula is C26H29N7. The van der Waals surface area contributed by atoms with Crippen molar-refractivity contribution in [2.75, 3.05) is 24.2 Å². The molecular weight excluding hydrogens is 410 g/mol. The number of nitrogens with zero attached hydrogens (tertiary/aromatic N) is 6. The normalized spacial score (nSPS) is 14.5. The van der Waals surface area contributed by atoms with E-state index in [2.05, 4.69) is 45.1 Å². The highest BCUT2D eigenvalue weighted by Gasteiger charge is 2.22. The molecule has 33 heavy (non-hydrogen) atoms. The molecule has 0 amide bonds. The number of hydrogen-bond donors (Lipinski definition) is 1. The fraction of sp³-hybridized carbons (Fsp3) is 0.346. The van der Waals surface area contributed by atoms with Gasteiger partial charge >= 0.3 is 0 Å². The maximum Gasteiger partial charge on any atom is 0.165 e. The Morgan fingerprint density at radius 2 is 1.88 bits per heavy atom. The SMILES string of the molecule is CN(CCc1ccccn1)c1ccc(-c2cc(C3CCCCC3)c3c(N)ncnc3n2)cn1. The van der Waals surface area contributed by atoms with Gasteiger partial charge in [0.2, 0.25) is 0 Å². The number of likely N-dealkylation sites (N-methyl/N-ethyl adjacent to an activating group) is 1. The lowest BCUT2D eigenvalue weighted by Crippen LogP contribution is -2.21. The van der Waals surface area contributed by atoms with Crippen LogP contribution in [0.1, 0.15) is 49.3 Å². The maximum absolute atomic E-state index is 6.26. The highest BCUT2D eigenvalue weighted by atomic mass is 15.2. The Morgan fingerprint density at radius 3 is 2.64 bits per heavy atom. The Morgan fingerprint density at radius 1 is 1.00 bits per heavy atom. The first-order valence-corrected chi connectivity index (χ1v) is 11.7. The summed E-state index contributed by atoms with van der Waals surface area (Å²) in [4.78, 5) is 24.8. The molecule has 4 aromatic rings. The van der Waals surface area contributed by atoms with Gasteiger partial charge in [-0.25, -0.2) is 19.9 Å². The highest BCUT2D eigenvalue weighted by molar-refractivity contribution is 5.90. The van der Waals surface area contributed by atoms with Crippen molar-refractivity contribution in [2.24, 2.45) is 0 Å². The van der Waals surface area contributed by atoms with E-state index in [0.717, 1.165) is 41.1 Å². The van der Waals surface area contributed by atoms with Crippen LogP contribution in [0.4, 0.5) is 11.6 Å². The van der Waals surface area contributed by atoms with Crippen molar-refractivity contribution >= 4 is 22.7 Å². The van der Waals surface area contributed by atoms with Gasteiger partial charge in [0, 0.05) is 43.7 Å². The molecule has 7 nitrogen and oxygen atoms in total. The minimum absolute atomic E-state index is 0.473. The average Bonchev–Trinajstić information content (AvgIpc) is 2.88. The van der Waals surface area contributed by atoms with E-state index in [1.54, 1.807) is 0 Å². The summed E-state index contributed by atoms with van der Waals surface area (Å²) in [5.74, 6) is 1.92. The predicted octanol–water partition coefficient (Wildman–Crippen LogP) is 4.79. The maximum atomic E-state index is 6.26. The number of hydrogen-bond acceptors (Lipinski definition) is 7. The smallest absolute Gasteiger partial charge is 0.165 e. The molecule has 0 aromatic carbocycles. The summed E-state index contributed by atoms with van der Waals surface area (Å²) in [5, 5.41) is 0.909. The third-order valence-corrected chi connectivity index (χ3v) is 6.57. The summed E-state index contributed by atoms with van der Waals surface area (Å²) in [6.07, 6.45) is 12.2. The molecule has 0 atom stereocenters. The van der Waals surface area contributed by atoms with E-state index in [4.69, 9.17) is 15.7 Å². The summed E-state index contributed by atoms with van der Waals surface area (Å²) in [6, 6.07) is 12.3. The summed E-state index contributed by atoms with van der Waals surface area (Å²) < 4.78 is 0. The Kier molecular flexibility index (Phi) is 6.11. The molecule has 2 N–H and O–H groups in total. The summed E-state index contributed by atoms with van der Waals surface area (Å²) in [6.45, 7) is 0.847. The molecule has 0 bridgehead atoms. The predicted molar refractivity (Wildman–Crippen MR) is 132 cm³/mol. The molecule has 4 aromatic heterocycles. The van der Waals surface area contributed by atoms with Crippen LogP contribution >= 0.6 is 0 Å². The quantitative estimate of drug-likeness (QED) is 0.461. The summed E-state index contributed by atoms with van der Waals surface area (Å²) in [7, 11) is 2.06. The summed E-state index contributed by atoms with van der Waals surface area (Å²) >= 11 is 0. The summed E-state index contributed by atoms with van der Waals surface area (Å²) in [5.41, 5.74) is 11.1. The van der Waals surface area contributed by atoms with E-state index in [1.165, 1.54) is 44.0 Å². The molecule has 0 saturated heterocycles. The largest absolute Gasteiger partial charge is 0.383 e. The van der Waals surface area contributed by atoms with E-state index < -0.39 is 0 Å². The number of fused-ring (bicyclic) bond motifs is 1. The molecule has 4 heterocycles. The number of anilines is 2. The first kappa shape index (κ1) is 21.2. The lowest BCUT2D eigenvalue weighted by molar-refractivity contribution is 0.445. The lowest BCUT2D eigenvalue weighted by atomic mass is 9.82. The topological polar surface area (TPSA) is 93.7 Å². The van der Waals surface area contributed by atoms with Crippen LogP contribution in [0.15, 0.2) is 55.1 Å². The first-order valence-electron chi connectivity index (χ1n) is 11.7. The second-order valence-corrected chi connectivity index (χ2v) is 8.79. The van der Waals surface area contributed by atoms with Gasteiger partial charge in [-0.05, 0) is 54.7 Å². The minimum atomic E-state index is 0.473. The van der Waals surface area contributed by atoms with Crippen molar-refractivity contribution in [2.45, 2.75) is 44.4 Å². The van der Waals surface area contributed by atoms with Crippen molar-refractivity contribution in [3.63, 3.8) is 0 Å². The van der Waals surface area contributed by atoms with Crippen LogP contribution in [0, 0.1) is 0 Å². The number of aromatic nitrogens is 5. The molecule has 0 spiro atoms. The van der Waals surface area contributed by atoms with Crippen LogP contribution < -0.4 is 10.6 Å². The molecule has 5 rings (SSSR count). The molecule has 1 aliphatic rings. The minimum Gasteiger partial charge on any atom is -0.383 e. The van der Waals surface area contributed by atoms with Gasteiger partial charge in [0.15, 0.2) is 5.65 Å². The molecule has 0 unspecified atom stereocenters. The van der Waals surface area contributed by atoms with Gasteiger partial charge in [-0.15, -0.1) is 0 Å². The molecule has 168 valence electrons. The fourth-order valence-electron chi connectivity index (χ4n) is 4.71. The Hall–Kier alpha value is -3.61. The molecule has 1 fully saturated rings. The third-order valence-electron chi connectivity index (χ3n) is 6.57. The van der Waals surface area contributed by atoms with Crippen LogP contribution in [-0.4, -0.2) is 38.5 Å². The van der Waals surface area contributed by atoms with Gasteiger partial charge in [0.1, 0.15) is 18.0 Å². The lowest BCUT2D eigenvalue weighted by Gasteiger charge is -2.24. The second-order valence-electron chi connectivity index (χ2n) is 8.79. The fourth-order valence-corrected chi connectivity index (χ4v) is 4.71. The van der Waals surface area contributed by atoms with Crippen molar-refractivity contribution in [1.82, 2.24) is 24.9 Å². The average molecular weight is 440 g/mol. The molecule has 7 heteroatoms. The van der Waals surface area contributed by atoms with Crippen LogP contribution in [0.3, 0.4) is 0 Å². The standard InChI is InChI=1S/C26H29N7/c1-33(14-12-20-9-5-6-13-28-20)23-11-10-19(16-29-23)22-15-21(18-7-3-2-4-8-18)24-25(27)30-17-31-26(24)32-22/h5-6,9-11,13,15-18H,2-4,7-8,12,14H2,1H3,(H2,27,30,31,32). The number of rotatable bonds is 6. The molecule has 0 radical (unpaired) electrons. The second kappa shape index (κ2) is 9.48. The Bertz CT molecular complexity index is 1220. The van der Waals surface area contributed by atoms with Crippen LogP contribution in [-0.2, 0) is 6.42 Å². The van der Waals surface area contributed by atoms with Crippen molar-refractivity contribution in [3.05, 3.63) is 66.4 Å². The van der Waals surface area contributed by atoms with Crippen LogP contribution in [0.5, 0.6) is 0 Å². The third kappa shape index (κ3) is 4.62. The highest BCUT2D eigenvalue weighted by Crippen LogP contribution is 2.38. The van der Waals surface area contributed by atoms with Crippen LogP contribution in [0.25, 0.3) is 22.3 Å². The van der Waals surface area contributed by atoms with Gasteiger partial charge in [0.05, 0.1) is 11.1 Å². The molecule has 1 aliphatic carbocycles. The van der Waals surface area contributed by atoms with Gasteiger partial charge < -0.3 is 10.6 Å². The van der Waals surface area contributed by atoms with E-state index in [-0.39, 0.29) is 0 Å². The van der Waals surface area contributed by atoms with Gasteiger partial charge in [0.25, 0.3) is 0 Å². The van der Waals surface area contributed by atoms with Gasteiger partial charge in [-0.1, -0.05) is 25.3 Å². The first-order chi connectivity index (χ1) is 16.2. The van der Waals surface area contributed by atoms with E-state index in [9.17, 15) is 0 Å². The number of nitrogen functional groups attached to an aromatic ring is 1. The Labute approximate surface area is 194 Å². The van der Waals surface area contributed by atoms with Crippen LogP contribution in [0.2, 0.25) is 0 Å². The van der Waals surface area contributed by atoms with Gasteiger partial charge in [-0.2, -0.15) is 0 Å². The zero-order valence-corrected chi connectivity index (χ0v) is 19.0. The number of nitrogens with two attached hydrogens (primary N) is 1. The van der Waals surface area contributed by atoms with E-state index >= 15 is 0 Å². The van der Waals surface area contributed by atoms with E-state index in [1.807, 2.05) is 30.6 Å². The zero-order valence-electron chi connectivity index (χ0n) is 19.0. The van der Waals surface area contributed by atoms with Gasteiger partial charge in [-0.3, -0.25) is 4.98 Å². The molecule has 0 aliphatic heterocycles. The monoisotopic (exact) mass is 439 g/mol. The zero-order chi connectivity index (χ0) is 22.6. The van der Waals surface area contributed by atoms with E-state index in [0.29, 0.717) is 17.4 Å². The Balaban J connectivity index is 1.41. The molecule has 1 saturated carbocycles. The number of pyridine rings is 3.